The largest absolute Gasteiger partial charge is 0.384 e. The summed E-state index contributed by atoms with van der Waals surface area (Å²) >= 11 is 15.4. The summed E-state index contributed by atoms with van der Waals surface area (Å²) in [6.45, 7) is 1.97. The fraction of sp³-hybridized carbons (Fsp3) is 0.143. The molecule has 1 nitrogen and oxygen atoms in total. The molecule has 1 N–H and O–H groups in total. The van der Waals surface area contributed by atoms with Crippen LogP contribution in [0.4, 0.5) is 0 Å². The van der Waals surface area contributed by atoms with E-state index in [2.05, 4.69) is 15.9 Å². The normalized spacial score (nSPS) is 12.5. The third kappa shape index (κ3) is 2.89. The summed E-state index contributed by atoms with van der Waals surface area (Å²) in [5.74, 6) is 0. The van der Waals surface area contributed by atoms with E-state index in [9.17, 15) is 5.11 Å². The van der Waals surface area contributed by atoms with E-state index in [0.29, 0.717) is 15.6 Å². The van der Waals surface area contributed by atoms with Gasteiger partial charge in [-0.2, -0.15) is 0 Å². The lowest BCUT2D eigenvalue weighted by Gasteiger charge is -2.14. The first kappa shape index (κ1) is 13.9. The van der Waals surface area contributed by atoms with Crippen LogP contribution in [0.3, 0.4) is 0 Å². The predicted molar refractivity (Wildman–Crippen MR) is 79.4 cm³/mol. The summed E-state index contributed by atoms with van der Waals surface area (Å²) in [5, 5.41) is 11.4. The van der Waals surface area contributed by atoms with Gasteiger partial charge in [-0.1, -0.05) is 51.3 Å². The summed E-state index contributed by atoms with van der Waals surface area (Å²) in [5.41, 5.74) is 2.47. The molecular formula is C14H11BrCl2O. The van der Waals surface area contributed by atoms with Crippen molar-refractivity contribution < 1.29 is 5.11 Å². The lowest BCUT2D eigenvalue weighted by molar-refractivity contribution is 0.220. The van der Waals surface area contributed by atoms with Crippen molar-refractivity contribution in [2.24, 2.45) is 0 Å². The highest BCUT2D eigenvalue weighted by molar-refractivity contribution is 9.10. The second-order valence-corrected chi connectivity index (χ2v) is 5.77. The molecule has 94 valence electrons. The zero-order valence-corrected chi connectivity index (χ0v) is 12.7. The molecule has 0 aromatic heterocycles. The van der Waals surface area contributed by atoms with Crippen molar-refractivity contribution in [2.75, 3.05) is 0 Å². The van der Waals surface area contributed by atoms with Gasteiger partial charge in [-0.3, -0.25) is 0 Å². The highest BCUT2D eigenvalue weighted by Crippen LogP contribution is 2.31. The number of aryl methyl sites for hydroxylation is 1. The highest BCUT2D eigenvalue weighted by atomic mass is 79.9. The van der Waals surface area contributed by atoms with Crippen molar-refractivity contribution >= 4 is 39.1 Å². The van der Waals surface area contributed by atoms with Crippen LogP contribution in [0, 0.1) is 6.92 Å². The maximum Gasteiger partial charge on any atom is 0.106 e. The van der Waals surface area contributed by atoms with Gasteiger partial charge in [0.25, 0.3) is 0 Å². The van der Waals surface area contributed by atoms with Crippen LogP contribution in [0.1, 0.15) is 22.8 Å². The van der Waals surface area contributed by atoms with Crippen molar-refractivity contribution in [3.05, 3.63) is 67.6 Å². The molecule has 2 aromatic carbocycles. The number of halogens is 3. The number of rotatable bonds is 2. The molecular weight excluding hydrogens is 335 g/mol. The average molecular weight is 346 g/mol. The second kappa shape index (κ2) is 5.62. The van der Waals surface area contributed by atoms with E-state index in [1.807, 2.05) is 25.1 Å². The van der Waals surface area contributed by atoms with Crippen molar-refractivity contribution in [3.8, 4) is 0 Å². The fourth-order valence-corrected chi connectivity index (χ4v) is 2.39. The molecule has 0 spiro atoms. The molecule has 0 saturated carbocycles. The Labute approximate surface area is 124 Å². The third-order valence-electron chi connectivity index (χ3n) is 2.75. The van der Waals surface area contributed by atoms with Crippen molar-refractivity contribution in [2.45, 2.75) is 13.0 Å². The summed E-state index contributed by atoms with van der Waals surface area (Å²) in [4.78, 5) is 0. The lowest BCUT2D eigenvalue weighted by atomic mass is 10.00. The van der Waals surface area contributed by atoms with Crippen LogP contribution < -0.4 is 0 Å². The van der Waals surface area contributed by atoms with E-state index < -0.39 is 6.10 Å². The Morgan fingerprint density at radius 2 is 1.83 bits per heavy atom. The molecule has 0 heterocycles. The van der Waals surface area contributed by atoms with Crippen molar-refractivity contribution in [3.63, 3.8) is 0 Å². The van der Waals surface area contributed by atoms with Crippen LogP contribution in [0.2, 0.25) is 10.0 Å². The van der Waals surface area contributed by atoms with Gasteiger partial charge in [0.05, 0.1) is 0 Å². The smallest absolute Gasteiger partial charge is 0.106 e. The van der Waals surface area contributed by atoms with Gasteiger partial charge in [-0.15, -0.1) is 0 Å². The summed E-state index contributed by atoms with van der Waals surface area (Å²) in [6, 6.07) is 10.8. The average Bonchev–Trinajstić information content (AvgIpc) is 2.35. The van der Waals surface area contributed by atoms with Gasteiger partial charge in [0.15, 0.2) is 0 Å². The van der Waals surface area contributed by atoms with Crippen LogP contribution in [-0.2, 0) is 0 Å². The van der Waals surface area contributed by atoms with Crippen molar-refractivity contribution in [1.29, 1.82) is 0 Å². The maximum atomic E-state index is 10.4. The van der Waals surface area contributed by atoms with E-state index in [0.717, 1.165) is 15.6 Å². The summed E-state index contributed by atoms with van der Waals surface area (Å²) < 4.78 is 1.01. The van der Waals surface area contributed by atoms with Gasteiger partial charge in [0, 0.05) is 20.1 Å². The van der Waals surface area contributed by atoms with Gasteiger partial charge in [0.2, 0.25) is 0 Å². The first-order chi connectivity index (χ1) is 8.49. The quantitative estimate of drug-likeness (QED) is 0.798. The topological polar surface area (TPSA) is 20.2 Å². The molecule has 0 fully saturated rings. The van der Waals surface area contributed by atoms with Gasteiger partial charge in [-0.05, 0) is 42.3 Å². The standard InChI is InChI=1S/C14H11BrCl2O/c1-8-6-9(2-4-12(8)15)14(18)11-7-10(16)3-5-13(11)17/h2-7,14,18H,1H3. The molecule has 0 aliphatic heterocycles. The van der Waals surface area contributed by atoms with Gasteiger partial charge in [0.1, 0.15) is 6.10 Å². The number of benzene rings is 2. The Bertz CT molecular complexity index is 584. The van der Waals surface area contributed by atoms with E-state index in [1.165, 1.54) is 0 Å². The molecule has 0 aliphatic carbocycles. The van der Waals surface area contributed by atoms with Crippen LogP contribution in [0.25, 0.3) is 0 Å². The minimum absolute atomic E-state index is 0.507. The van der Waals surface area contributed by atoms with E-state index in [4.69, 9.17) is 23.2 Å². The predicted octanol–water partition coefficient (Wildman–Crippen LogP) is 5.15. The molecule has 0 amide bonds. The molecule has 4 heteroatoms. The molecule has 2 rings (SSSR count). The van der Waals surface area contributed by atoms with Crippen LogP contribution in [0.15, 0.2) is 40.9 Å². The van der Waals surface area contributed by atoms with Crippen molar-refractivity contribution in [1.82, 2.24) is 0 Å². The van der Waals surface area contributed by atoms with E-state index in [1.54, 1.807) is 18.2 Å². The fourth-order valence-electron chi connectivity index (χ4n) is 1.74. The second-order valence-electron chi connectivity index (χ2n) is 4.08. The van der Waals surface area contributed by atoms with E-state index >= 15 is 0 Å². The number of hydrogen-bond donors (Lipinski definition) is 1. The SMILES string of the molecule is Cc1cc(C(O)c2cc(Cl)ccc2Cl)ccc1Br. The number of aliphatic hydroxyl groups excluding tert-OH is 1. The maximum absolute atomic E-state index is 10.4. The highest BCUT2D eigenvalue weighted by Gasteiger charge is 2.15. The Kier molecular flexibility index (Phi) is 4.33. The minimum Gasteiger partial charge on any atom is -0.384 e. The van der Waals surface area contributed by atoms with Crippen LogP contribution in [-0.4, -0.2) is 5.11 Å². The van der Waals surface area contributed by atoms with Gasteiger partial charge >= 0.3 is 0 Å². The number of hydrogen-bond acceptors (Lipinski definition) is 1. The van der Waals surface area contributed by atoms with Gasteiger partial charge in [-0.25, -0.2) is 0 Å². The summed E-state index contributed by atoms with van der Waals surface area (Å²) in [7, 11) is 0. The zero-order chi connectivity index (χ0) is 13.3. The molecule has 0 bridgehead atoms. The Balaban J connectivity index is 2.44. The van der Waals surface area contributed by atoms with Gasteiger partial charge < -0.3 is 5.11 Å². The van der Waals surface area contributed by atoms with Crippen LogP contribution in [0.5, 0.6) is 0 Å². The molecule has 2 aromatic rings. The Hall–Kier alpha value is -0.540. The molecule has 0 aliphatic rings. The Morgan fingerprint density at radius 3 is 2.50 bits per heavy atom. The Morgan fingerprint density at radius 1 is 1.11 bits per heavy atom. The number of aliphatic hydroxyl groups is 1. The molecule has 0 radical (unpaired) electrons. The monoisotopic (exact) mass is 344 g/mol. The first-order valence-electron chi connectivity index (χ1n) is 5.38. The molecule has 18 heavy (non-hydrogen) atoms. The van der Waals surface area contributed by atoms with Crippen LogP contribution >= 0.6 is 39.1 Å². The zero-order valence-electron chi connectivity index (χ0n) is 9.62. The minimum atomic E-state index is -0.775. The summed E-state index contributed by atoms with van der Waals surface area (Å²) in [6.07, 6.45) is -0.775. The van der Waals surface area contributed by atoms with E-state index in [-0.39, 0.29) is 0 Å². The molecule has 1 atom stereocenters. The molecule has 0 saturated heterocycles. The molecule has 1 unspecified atom stereocenters. The lowest BCUT2D eigenvalue weighted by Crippen LogP contribution is -2.01. The third-order valence-corrected chi connectivity index (χ3v) is 4.22. The first-order valence-corrected chi connectivity index (χ1v) is 6.93.